The lowest BCUT2D eigenvalue weighted by Gasteiger charge is -2.05. The van der Waals surface area contributed by atoms with Gasteiger partial charge in [-0.1, -0.05) is 32.6 Å². The SMILES string of the molecule is CCCCCCCC(=O)N/N=C\c1cc([N+](=O)[O-])c2cccnc2c1O. The van der Waals surface area contributed by atoms with E-state index >= 15 is 0 Å². The number of amides is 1. The second-order valence-electron chi connectivity index (χ2n) is 5.95. The summed E-state index contributed by atoms with van der Waals surface area (Å²) in [6.45, 7) is 2.13. The number of hydrazone groups is 1. The first-order valence-electron chi connectivity index (χ1n) is 8.61. The third-order valence-corrected chi connectivity index (χ3v) is 3.97. The summed E-state index contributed by atoms with van der Waals surface area (Å²) < 4.78 is 0. The molecule has 0 aliphatic heterocycles. The van der Waals surface area contributed by atoms with Gasteiger partial charge in [-0.3, -0.25) is 19.9 Å². The highest BCUT2D eigenvalue weighted by atomic mass is 16.6. The van der Waals surface area contributed by atoms with Crippen molar-refractivity contribution >= 4 is 28.7 Å². The molecule has 1 aromatic heterocycles. The maximum atomic E-state index is 11.7. The highest BCUT2D eigenvalue weighted by Crippen LogP contribution is 2.33. The number of phenolic OH excluding ortho intramolecular Hbond substituents is 1. The van der Waals surface area contributed by atoms with Crippen LogP contribution in [0.4, 0.5) is 5.69 Å². The molecule has 0 radical (unpaired) electrons. The van der Waals surface area contributed by atoms with Gasteiger partial charge >= 0.3 is 0 Å². The highest BCUT2D eigenvalue weighted by Gasteiger charge is 2.18. The number of nitrogens with one attached hydrogen (secondary N) is 1. The predicted molar refractivity (Wildman–Crippen MR) is 99.2 cm³/mol. The number of non-ortho nitro benzene ring substituents is 1. The van der Waals surface area contributed by atoms with Crippen LogP contribution in [0.3, 0.4) is 0 Å². The van der Waals surface area contributed by atoms with Crippen LogP contribution < -0.4 is 5.43 Å². The fourth-order valence-corrected chi connectivity index (χ4v) is 2.60. The first-order chi connectivity index (χ1) is 12.5. The van der Waals surface area contributed by atoms with Crippen LogP contribution in [0.15, 0.2) is 29.5 Å². The summed E-state index contributed by atoms with van der Waals surface area (Å²) in [6, 6.07) is 4.28. The maximum Gasteiger partial charge on any atom is 0.279 e. The van der Waals surface area contributed by atoms with Crippen molar-refractivity contribution in [3.8, 4) is 5.75 Å². The van der Waals surface area contributed by atoms with Crippen molar-refractivity contribution in [2.24, 2.45) is 5.10 Å². The highest BCUT2D eigenvalue weighted by molar-refractivity contribution is 6.00. The van der Waals surface area contributed by atoms with Crippen LogP contribution in [0.25, 0.3) is 10.9 Å². The normalized spacial score (nSPS) is 11.1. The number of fused-ring (bicyclic) bond motifs is 1. The summed E-state index contributed by atoms with van der Waals surface area (Å²) >= 11 is 0. The van der Waals surface area contributed by atoms with Gasteiger partial charge in [-0.15, -0.1) is 0 Å². The van der Waals surface area contributed by atoms with Crippen LogP contribution in [0, 0.1) is 10.1 Å². The number of nitro benzene ring substituents is 1. The van der Waals surface area contributed by atoms with Crippen molar-refractivity contribution in [2.45, 2.75) is 45.4 Å². The lowest BCUT2D eigenvalue weighted by Crippen LogP contribution is -2.16. The first-order valence-corrected chi connectivity index (χ1v) is 8.61. The largest absolute Gasteiger partial charge is 0.505 e. The van der Waals surface area contributed by atoms with E-state index < -0.39 is 4.92 Å². The lowest BCUT2D eigenvalue weighted by molar-refractivity contribution is -0.383. The fraction of sp³-hybridized carbons (Fsp3) is 0.389. The van der Waals surface area contributed by atoms with Crippen LogP contribution in [0.2, 0.25) is 0 Å². The number of pyridine rings is 1. The standard InChI is InChI=1S/C18H22N4O4/c1-2-3-4-5-6-9-16(23)21-20-12-13-11-15(22(25)26)14-8-7-10-19-17(14)18(13)24/h7-8,10-12,24H,2-6,9H2,1H3,(H,21,23)/b20-12-. The Morgan fingerprint density at radius 2 is 2.15 bits per heavy atom. The summed E-state index contributed by atoms with van der Waals surface area (Å²) in [5, 5.41) is 25.5. The van der Waals surface area contributed by atoms with E-state index in [2.05, 4.69) is 22.4 Å². The molecule has 0 aliphatic carbocycles. The quantitative estimate of drug-likeness (QED) is 0.307. The van der Waals surface area contributed by atoms with Crippen molar-refractivity contribution in [3.63, 3.8) is 0 Å². The zero-order valence-electron chi connectivity index (χ0n) is 14.6. The Morgan fingerprint density at radius 1 is 1.38 bits per heavy atom. The van der Waals surface area contributed by atoms with E-state index in [0.717, 1.165) is 32.1 Å². The number of hydrogen-bond donors (Lipinski definition) is 2. The number of unbranched alkanes of at least 4 members (excludes halogenated alkanes) is 4. The number of carbonyl (C=O) groups excluding carboxylic acids is 1. The van der Waals surface area contributed by atoms with E-state index in [1.54, 1.807) is 6.07 Å². The van der Waals surface area contributed by atoms with Gasteiger partial charge in [-0.25, -0.2) is 5.43 Å². The molecule has 1 aromatic carbocycles. The molecule has 8 nitrogen and oxygen atoms in total. The van der Waals surface area contributed by atoms with Crippen molar-refractivity contribution < 1.29 is 14.8 Å². The number of aromatic nitrogens is 1. The number of phenols is 1. The fourth-order valence-electron chi connectivity index (χ4n) is 2.60. The summed E-state index contributed by atoms with van der Waals surface area (Å²) in [5.74, 6) is -0.450. The number of nitro groups is 1. The molecule has 0 spiro atoms. The van der Waals surface area contributed by atoms with Gasteiger partial charge in [0.25, 0.3) is 5.69 Å². The molecular formula is C18H22N4O4. The third kappa shape index (κ3) is 4.98. The van der Waals surface area contributed by atoms with Gasteiger partial charge in [-0.2, -0.15) is 5.10 Å². The number of nitrogens with zero attached hydrogens (tertiary/aromatic N) is 3. The van der Waals surface area contributed by atoms with Gasteiger partial charge in [-0.05, 0) is 18.6 Å². The molecular weight excluding hydrogens is 336 g/mol. The zero-order valence-corrected chi connectivity index (χ0v) is 14.6. The molecule has 0 unspecified atom stereocenters. The Kier molecular flexibility index (Phi) is 7.02. The maximum absolute atomic E-state index is 11.7. The van der Waals surface area contributed by atoms with Crippen LogP contribution in [-0.4, -0.2) is 27.1 Å². The Bertz CT molecular complexity index is 820. The molecule has 8 heteroatoms. The first kappa shape index (κ1) is 19.3. The Hall–Kier alpha value is -3.03. The summed E-state index contributed by atoms with van der Waals surface area (Å²) in [4.78, 5) is 26.4. The molecule has 1 heterocycles. The minimum atomic E-state index is -0.546. The minimum absolute atomic E-state index is 0.116. The van der Waals surface area contributed by atoms with E-state index in [-0.39, 0.29) is 33.8 Å². The molecule has 0 aliphatic rings. The summed E-state index contributed by atoms with van der Waals surface area (Å²) in [6.07, 6.45) is 8.19. The molecule has 26 heavy (non-hydrogen) atoms. The van der Waals surface area contributed by atoms with Crippen molar-refractivity contribution in [2.75, 3.05) is 0 Å². The number of aromatic hydroxyl groups is 1. The van der Waals surface area contributed by atoms with E-state index in [1.807, 2.05) is 0 Å². The number of rotatable bonds is 9. The molecule has 2 N–H and O–H groups in total. The lowest BCUT2D eigenvalue weighted by atomic mass is 10.1. The molecule has 0 atom stereocenters. The smallest absolute Gasteiger partial charge is 0.279 e. The van der Waals surface area contributed by atoms with Crippen LogP contribution in [-0.2, 0) is 4.79 Å². The van der Waals surface area contributed by atoms with E-state index in [4.69, 9.17) is 0 Å². The molecule has 138 valence electrons. The third-order valence-electron chi connectivity index (χ3n) is 3.97. The summed E-state index contributed by atoms with van der Waals surface area (Å²) in [7, 11) is 0. The van der Waals surface area contributed by atoms with E-state index in [1.165, 1.54) is 24.5 Å². The number of hydrogen-bond acceptors (Lipinski definition) is 6. The van der Waals surface area contributed by atoms with Gasteiger partial charge in [0.05, 0.1) is 16.5 Å². The molecule has 0 saturated heterocycles. The zero-order chi connectivity index (χ0) is 18.9. The average molecular weight is 358 g/mol. The van der Waals surface area contributed by atoms with Gasteiger partial charge in [0, 0.05) is 24.2 Å². The Morgan fingerprint density at radius 3 is 2.88 bits per heavy atom. The summed E-state index contributed by atoms with van der Waals surface area (Å²) in [5.41, 5.74) is 2.42. The van der Waals surface area contributed by atoms with Crippen LogP contribution in [0.5, 0.6) is 5.75 Å². The Balaban J connectivity index is 2.06. The number of benzene rings is 1. The van der Waals surface area contributed by atoms with Gasteiger partial charge in [0.2, 0.25) is 5.91 Å². The van der Waals surface area contributed by atoms with Gasteiger partial charge in [0.15, 0.2) is 5.75 Å². The van der Waals surface area contributed by atoms with Crippen LogP contribution in [0.1, 0.15) is 51.0 Å². The van der Waals surface area contributed by atoms with Crippen molar-refractivity contribution in [1.29, 1.82) is 0 Å². The minimum Gasteiger partial charge on any atom is -0.505 e. The second-order valence-corrected chi connectivity index (χ2v) is 5.95. The number of carbonyl (C=O) groups is 1. The topological polar surface area (TPSA) is 118 Å². The van der Waals surface area contributed by atoms with Gasteiger partial charge < -0.3 is 5.11 Å². The van der Waals surface area contributed by atoms with Crippen molar-refractivity contribution in [1.82, 2.24) is 10.4 Å². The van der Waals surface area contributed by atoms with Crippen LogP contribution >= 0.6 is 0 Å². The van der Waals surface area contributed by atoms with E-state index in [0.29, 0.717) is 6.42 Å². The molecule has 0 saturated carbocycles. The molecule has 0 bridgehead atoms. The van der Waals surface area contributed by atoms with E-state index in [9.17, 15) is 20.0 Å². The molecule has 2 rings (SSSR count). The predicted octanol–water partition coefficient (Wildman–Crippen LogP) is 3.66. The molecule has 2 aromatic rings. The van der Waals surface area contributed by atoms with Crippen molar-refractivity contribution in [3.05, 3.63) is 40.1 Å². The average Bonchev–Trinajstić information content (AvgIpc) is 2.63. The molecule has 1 amide bonds. The second kappa shape index (κ2) is 9.45. The molecule has 0 fully saturated rings. The monoisotopic (exact) mass is 358 g/mol. The van der Waals surface area contributed by atoms with Gasteiger partial charge in [0.1, 0.15) is 5.52 Å². The Labute approximate surface area is 151 Å².